The van der Waals surface area contributed by atoms with Gasteiger partial charge >= 0.3 is 14.5 Å². The number of esters is 1. The van der Waals surface area contributed by atoms with E-state index in [1.165, 1.54) is 5.06 Å². The Hall–Kier alpha value is -2.81. The summed E-state index contributed by atoms with van der Waals surface area (Å²) < 4.78 is 26.2. The number of carbonyl (C=O) groups excluding carboxylic acids is 2. The van der Waals surface area contributed by atoms with Gasteiger partial charge in [-0.25, -0.2) is 5.06 Å². The average molecular weight is 710 g/mol. The molecule has 0 aromatic heterocycles. The van der Waals surface area contributed by atoms with Gasteiger partial charge in [-0.2, -0.15) is 0 Å². The van der Waals surface area contributed by atoms with E-state index < -0.39 is 40.1 Å². The zero-order valence-electron chi connectivity index (χ0n) is 30.6. The number of nitrogens with zero attached hydrogens (tertiary/aromatic N) is 1. The van der Waals surface area contributed by atoms with Gasteiger partial charge in [-0.1, -0.05) is 104 Å². The minimum Gasteiger partial charge on any atom is -0.497 e. The Morgan fingerprint density at radius 3 is 2.10 bits per heavy atom. The molecule has 2 fully saturated rings. The predicted molar refractivity (Wildman–Crippen MR) is 193 cm³/mol. The first-order valence-electron chi connectivity index (χ1n) is 17.7. The molecule has 2 aliphatic heterocycles. The largest absolute Gasteiger partial charge is 0.497 e. The molecule has 268 valence electrons. The first-order chi connectivity index (χ1) is 23.1. The molecule has 0 saturated carbocycles. The van der Waals surface area contributed by atoms with Crippen LogP contribution in [-0.2, 0) is 40.7 Å². The van der Waals surface area contributed by atoms with Gasteiger partial charge in [0.1, 0.15) is 30.1 Å². The highest BCUT2D eigenvalue weighted by molar-refractivity contribution is 6.87. The molecule has 0 unspecified atom stereocenters. The molecule has 4 atom stereocenters. The van der Waals surface area contributed by atoms with Crippen LogP contribution in [0.2, 0.25) is 28.2 Å². The molecule has 11 heteroatoms. The summed E-state index contributed by atoms with van der Waals surface area (Å²) in [6.45, 7) is 17.6. The number of rotatable bonds is 12. The Labute approximate surface area is 294 Å². The maximum Gasteiger partial charge on any atom is 0.333 e. The highest BCUT2D eigenvalue weighted by atomic mass is 28.4. The van der Waals surface area contributed by atoms with Crippen molar-refractivity contribution in [2.45, 2.75) is 120 Å². The molecule has 0 radical (unpaired) electrons. The summed E-state index contributed by atoms with van der Waals surface area (Å²) in [4.78, 5) is 33.0. The number of methoxy groups -OCH3 is 1. The molecular formula is C38H55NO8Si2. The minimum absolute atomic E-state index is 0.0504. The zero-order valence-corrected chi connectivity index (χ0v) is 32.6. The van der Waals surface area contributed by atoms with Crippen molar-refractivity contribution in [2.75, 3.05) is 13.7 Å². The van der Waals surface area contributed by atoms with Crippen LogP contribution in [0.15, 0.2) is 66.7 Å². The summed E-state index contributed by atoms with van der Waals surface area (Å²) in [5, 5.41) is 14.2. The van der Waals surface area contributed by atoms with Gasteiger partial charge in [0, 0.05) is 5.92 Å². The summed E-state index contributed by atoms with van der Waals surface area (Å²) in [6, 6.07) is 17.7. The van der Waals surface area contributed by atoms with E-state index >= 15 is 0 Å². The fourth-order valence-electron chi connectivity index (χ4n) is 8.17. The SMILES string of the molecule is COc1ccc(CC(=O)OC[C@]2(O)C=C[C@]3(CC(=O)N3OCc3ccccc3)[C@@H]3C[Si](C(C)C)(C(C)C)O[Si](C(C)C)(C(C)C)O[C@@H]32)cc1. The van der Waals surface area contributed by atoms with E-state index in [-0.39, 0.29) is 60.0 Å². The first kappa shape index (κ1) is 37.4. The molecule has 1 spiro atoms. The summed E-state index contributed by atoms with van der Waals surface area (Å²) >= 11 is 0. The third-order valence-corrected chi connectivity index (χ3v) is 22.8. The number of fused-ring (bicyclic) bond motifs is 2. The Bertz CT molecular complexity index is 1480. The highest BCUT2D eigenvalue weighted by Gasteiger charge is 2.70. The quantitative estimate of drug-likeness (QED) is 0.107. The van der Waals surface area contributed by atoms with Gasteiger partial charge in [0.05, 0.1) is 26.1 Å². The predicted octanol–water partition coefficient (Wildman–Crippen LogP) is 7.24. The van der Waals surface area contributed by atoms with Gasteiger partial charge in [0.25, 0.3) is 0 Å². The molecule has 5 rings (SSSR count). The molecule has 1 aliphatic carbocycles. The van der Waals surface area contributed by atoms with Gasteiger partial charge in [-0.05, 0) is 57.5 Å². The maximum atomic E-state index is 13.4. The van der Waals surface area contributed by atoms with Crippen LogP contribution in [0.1, 0.15) is 72.9 Å². The smallest absolute Gasteiger partial charge is 0.333 e. The lowest BCUT2D eigenvalue weighted by Gasteiger charge is -2.59. The summed E-state index contributed by atoms with van der Waals surface area (Å²) in [5.41, 5.74) is -0.130. The Morgan fingerprint density at radius 2 is 1.55 bits per heavy atom. The lowest BCUT2D eigenvalue weighted by Crippen LogP contribution is -2.73. The van der Waals surface area contributed by atoms with Crippen LogP contribution < -0.4 is 4.74 Å². The molecule has 1 amide bonds. The number of β-lactam (4-membered cyclic amide) rings is 1. The fourth-order valence-corrected chi connectivity index (χ4v) is 21.0. The van der Waals surface area contributed by atoms with E-state index in [0.717, 1.165) is 11.1 Å². The summed E-state index contributed by atoms with van der Waals surface area (Å²) in [6.07, 6.45) is 3.09. The van der Waals surface area contributed by atoms with Crippen LogP contribution in [0.5, 0.6) is 5.75 Å². The maximum absolute atomic E-state index is 13.4. The third kappa shape index (κ3) is 6.94. The van der Waals surface area contributed by atoms with Crippen molar-refractivity contribution in [3.05, 3.63) is 77.9 Å². The number of hydrogen-bond donors (Lipinski definition) is 1. The van der Waals surface area contributed by atoms with Crippen molar-refractivity contribution in [1.82, 2.24) is 5.06 Å². The molecule has 9 nitrogen and oxygen atoms in total. The Morgan fingerprint density at radius 1 is 0.918 bits per heavy atom. The monoisotopic (exact) mass is 709 g/mol. The molecule has 3 aliphatic rings. The van der Waals surface area contributed by atoms with Crippen molar-refractivity contribution in [3.8, 4) is 5.75 Å². The van der Waals surface area contributed by atoms with Crippen molar-refractivity contribution in [2.24, 2.45) is 5.92 Å². The molecular weight excluding hydrogens is 655 g/mol. The number of aliphatic hydroxyl groups is 1. The number of hydroxylamine groups is 2. The minimum atomic E-state index is -3.06. The molecule has 2 saturated heterocycles. The molecule has 2 aromatic carbocycles. The lowest BCUT2D eigenvalue weighted by molar-refractivity contribution is -0.273. The Kier molecular flexibility index (Phi) is 11.0. The fraction of sp³-hybridized carbons (Fsp3) is 0.579. The topological polar surface area (TPSA) is 104 Å². The number of hydrogen-bond acceptors (Lipinski definition) is 8. The molecule has 2 aromatic rings. The van der Waals surface area contributed by atoms with Crippen LogP contribution in [-0.4, -0.2) is 69.9 Å². The van der Waals surface area contributed by atoms with Gasteiger partial charge in [-0.15, -0.1) is 0 Å². The zero-order chi connectivity index (χ0) is 35.8. The second kappa shape index (κ2) is 14.4. The van der Waals surface area contributed by atoms with E-state index in [9.17, 15) is 14.7 Å². The average Bonchev–Trinajstić information content (AvgIpc) is 3.25. The van der Waals surface area contributed by atoms with E-state index in [1.54, 1.807) is 25.3 Å². The number of carbonyl (C=O) groups is 2. The van der Waals surface area contributed by atoms with Crippen molar-refractivity contribution < 1.29 is 37.5 Å². The van der Waals surface area contributed by atoms with Crippen molar-refractivity contribution >= 4 is 28.8 Å². The van der Waals surface area contributed by atoms with Crippen LogP contribution in [0, 0.1) is 5.92 Å². The first-order valence-corrected chi connectivity index (χ1v) is 22.0. The number of amides is 1. The van der Waals surface area contributed by atoms with Crippen molar-refractivity contribution in [1.29, 1.82) is 0 Å². The van der Waals surface area contributed by atoms with E-state index in [4.69, 9.17) is 22.9 Å². The standard InChI is InChI=1S/C38H55NO8Si2/c1-26(2)48(27(3)4)24-33-36(46-49(47-48,28(5)6)29(7)8)38(42,25-44-35(41)21-30-15-17-32(43-9)18-16-30)20-19-37(33)22-34(40)39(37)45-23-31-13-11-10-12-14-31/h10-20,26-29,33,36,42H,21-25H2,1-9H3/t33-,36+,37+,38-/m1/s1. The molecule has 2 heterocycles. The number of ether oxygens (including phenoxy) is 2. The van der Waals surface area contributed by atoms with Crippen LogP contribution in [0.25, 0.3) is 0 Å². The van der Waals surface area contributed by atoms with Crippen LogP contribution in [0.4, 0.5) is 0 Å². The van der Waals surface area contributed by atoms with Gasteiger partial charge < -0.3 is 23.1 Å². The normalized spacial score (nSPS) is 27.4. The van der Waals surface area contributed by atoms with Crippen LogP contribution >= 0.6 is 0 Å². The second-order valence-corrected chi connectivity index (χ2v) is 24.8. The molecule has 49 heavy (non-hydrogen) atoms. The van der Waals surface area contributed by atoms with Crippen molar-refractivity contribution in [3.63, 3.8) is 0 Å². The highest BCUT2D eigenvalue weighted by Crippen LogP contribution is 2.58. The summed E-state index contributed by atoms with van der Waals surface area (Å²) in [7, 11) is -4.12. The second-order valence-electron chi connectivity index (χ2n) is 15.4. The molecule has 0 bridgehead atoms. The van der Waals surface area contributed by atoms with E-state index in [1.807, 2.05) is 48.5 Å². The third-order valence-electron chi connectivity index (χ3n) is 11.1. The van der Waals surface area contributed by atoms with E-state index in [2.05, 4.69) is 55.4 Å². The van der Waals surface area contributed by atoms with Gasteiger partial charge in [-0.3, -0.25) is 14.4 Å². The van der Waals surface area contributed by atoms with Gasteiger partial charge in [0.2, 0.25) is 5.91 Å². The van der Waals surface area contributed by atoms with E-state index in [0.29, 0.717) is 11.8 Å². The number of benzene rings is 2. The summed E-state index contributed by atoms with van der Waals surface area (Å²) in [5.74, 6) is -0.226. The van der Waals surface area contributed by atoms with Crippen LogP contribution in [0.3, 0.4) is 0 Å². The molecule has 1 N–H and O–H groups in total. The van der Waals surface area contributed by atoms with Gasteiger partial charge in [0.15, 0.2) is 8.32 Å². The Balaban J connectivity index is 1.56. The lowest BCUT2D eigenvalue weighted by atomic mass is 9.65.